The van der Waals surface area contributed by atoms with Gasteiger partial charge in [-0.1, -0.05) is 0 Å². The highest BCUT2D eigenvalue weighted by molar-refractivity contribution is 7.14. The Balaban J connectivity index is 2.50. The summed E-state index contributed by atoms with van der Waals surface area (Å²) in [7, 11) is 2.46. The second kappa shape index (κ2) is 4.94. The van der Waals surface area contributed by atoms with Crippen LogP contribution in [0.15, 0.2) is 12.5 Å². The Morgan fingerprint density at radius 3 is 3.08 bits per heavy atom. The van der Waals surface area contributed by atoms with Crippen LogP contribution in [0.2, 0.25) is 0 Å². The van der Waals surface area contributed by atoms with Crippen LogP contribution in [0.3, 0.4) is 0 Å². The van der Waals surface area contributed by atoms with E-state index in [0.29, 0.717) is 12.8 Å². The predicted molar refractivity (Wildman–Crippen MR) is 51.1 cm³/mol. The first kappa shape index (κ1) is 10.2. The van der Waals surface area contributed by atoms with Crippen LogP contribution < -0.4 is 5.32 Å². The van der Waals surface area contributed by atoms with Crippen LogP contribution in [-0.4, -0.2) is 33.5 Å². The van der Waals surface area contributed by atoms with Crippen molar-refractivity contribution >= 4 is 15.8 Å². The number of hydrogen-bond donors (Lipinski definition) is 2. The summed E-state index contributed by atoms with van der Waals surface area (Å²) < 4.78 is 1.74. The fourth-order valence-corrected chi connectivity index (χ4v) is 1.25. The summed E-state index contributed by atoms with van der Waals surface area (Å²) in [5, 5.41) is 11.4. The summed E-state index contributed by atoms with van der Waals surface area (Å²) in [5.41, 5.74) is 0.836. The Hall–Kier alpha value is -0.930. The standard InChI is InChI=1S/C7H12N3O2P/c11-3-7(9-5-12)1-6-2-10(13)4-8-6/h2,4-5,7,11H,1,3,13H2,(H,9,12). The molecular formula is C7H12N3O2P. The average Bonchev–Trinajstić information content (AvgIpc) is 2.50. The van der Waals surface area contributed by atoms with Crippen LogP contribution in [-0.2, 0) is 11.2 Å². The van der Waals surface area contributed by atoms with Crippen LogP contribution in [0, 0.1) is 0 Å². The molecule has 2 N–H and O–H groups in total. The molecule has 0 aliphatic rings. The van der Waals surface area contributed by atoms with Crippen molar-refractivity contribution < 1.29 is 9.90 Å². The molecule has 0 bridgehead atoms. The van der Waals surface area contributed by atoms with E-state index in [1.54, 1.807) is 10.7 Å². The first-order valence-corrected chi connectivity index (χ1v) is 4.36. The van der Waals surface area contributed by atoms with Gasteiger partial charge in [0.25, 0.3) is 0 Å². The number of rotatable bonds is 5. The Morgan fingerprint density at radius 1 is 1.85 bits per heavy atom. The third-order valence-electron chi connectivity index (χ3n) is 1.63. The molecule has 1 heterocycles. The van der Waals surface area contributed by atoms with E-state index in [9.17, 15) is 4.79 Å². The molecule has 0 aliphatic heterocycles. The van der Waals surface area contributed by atoms with Gasteiger partial charge in [0.2, 0.25) is 6.41 Å². The minimum absolute atomic E-state index is 0.0809. The number of nitrogens with one attached hydrogen (secondary N) is 1. The quantitative estimate of drug-likeness (QED) is 0.482. The molecule has 0 saturated heterocycles. The van der Waals surface area contributed by atoms with Crippen molar-refractivity contribution in [3.8, 4) is 0 Å². The van der Waals surface area contributed by atoms with E-state index in [-0.39, 0.29) is 12.6 Å². The Bertz CT molecular complexity index is 276. The highest BCUT2D eigenvalue weighted by atomic mass is 31.0. The van der Waals surface area contributed by atoms with Crippen LogP contribution in [0.5, 0.6) is 0 Å². The summed E-state index contributed by atoms with van der Waals surface area (Å²) in [6, 6.07) is -0.252. The summed E-state index contributed by atoms with van der Waals surface area (Å²) in [6.07, 6.45) is 4.59. The van der Waals surface area contributed by atoms with Crippen molar-refractivity contribution in [1.29, 1.82) is 0 Å². The van der Waals surface area contributed by atoms with Crippen molar-refractivity contribution in [1.82, 2.24) is 14.6 Å². The van der Waals surface area contributed by atoms with Crippen molar-refractivity contribution in [2.24, 2.45) is 0 Å². The van der Waals surface area contributed by atoms with Gasteiger partial charge in [-0.2, -0.15) is 0 Å². The maximum absolute atomic E-state index is 10.1. The fourth-order valence-electron chi connectivity index (χ4n) is 1.01. The molecule has 0 aliphatic carbocycles. The van der Waals surface area contributed by atoms with E-state index in [1.165, 1.54) is 0 Å². The molecule has 0 spiro atoms. The van der Waals surface area contributed by atoms with Gasteiger partial charge in [0, 0.05) is 12.6 Å². The minimum atomic E-state index is -0.252. The molecule has 1 aromatic heterocycles. The van der Waals surface area contributed by atoms with E-state index >= 15 is 0 Å². The smallest absolute Gasteiger partial charge is 0.207 e. The van der Waals surface area contributed by atoms with Crippen molar-refractivity contribution in [3.63, 3.8) is 0 Å². The molecule has 6 heteroatoms. The van der Waals surface area contributed by atoms with Crippen LogP contribution in [0.4, 0.5) is 0 Å². The van der Waals surface area contributed by atoms with Gasteiger partial charge >= 0.3 is 0 Å². The van der Waals surface area contributed by atoms with Gasteiger partial charge in [0.15, 0.2) is 0 Å². The normalized spacial score (nSPS) is 12.5. The number of aromatic nitrogens is 2. The lowest BCUT2D eigenvalue weighted by Crippen LogP contribution is -2.33. The zero-order valence-electron chi connectivity index (χ0n) is 7.05. The average molecular weight is 201 g/mol. The van der Waals surface area contributed by atoms with Crippen molar-refractivity contribution in [2.75, 3.05) is 6.61 Å². The lowest BCUT2D eigenvalue weighted by Gasteiger charge is -2.10. The fraction of sp³-hybridized carbons (Fsp3) is 0.429. The lowest BCUT2D eigenvalue weighted by molar-refractivity contribution is -0.110. The highest BCUT2D eigenvalue weighted by Crippen LogP contribution is 2.02. The van der Waals surface area contributed by atoms with E-state index < -0.39 is 0 Å². The number of aliphatic hydroxyl groups excluding tert-OH is 1. The number of amides is 1. The third kappa shape index (κ3) is 3.13. The minimum Gasteiger partial charge on any atom is -0.394 e. The number of aliphatic hydroxyl groups is 1. The van der Waals surface area contributed by atoms with Gasteiger partial charge in [-0.05, 0) is 9.39 Å². The first-order chi connectivity index (χ1) is 6.26. The topological polar surface area (TPSA) is 67.2 Å². The zero-order valence-corrected chi connectivity index (χ0v) is 8.21. The predicted octanol–water partition coefficient (Wildman–Crippen LogP) is -0.829. The number of carbonyl (C=O) groups is 1. The molecule has 5 nitrogen and oxygen atoms in total. The molecule has 2 atom stereocenters. The molecule has 2 unspecified atom stereocenters. The number of hydrogen-bond acceptors (Lipinski definition) is 3. The molecular weight excluding hydrogens is 189 g/mol. The highest BCUT2D eigenvalue weighted by Gasteiger charge is 2.08. The van der Waals surface area contributed by atoms with Gasteiger partial charge in [-0.25, -0.2) is 4.98 Å². The van der Waals surface area contributed by atoms with Crippen LogP contribution in [0.1, 0.15) is 5.69 Å². The third-order valence-corrected chi connectivity index (χ3v) is 1.92. The van der Waals surface area contributed by atoms with Crippen molar-refractivity contribution in [2.45, 2.75) is 12.5 Å². The summed E-state index contributed by atoms with van der Waals surface area (Å²) in [4.78, 5) is 14.2. The van der Waals surface area contributed by atoms with Gasteiger partial charge in [0.05, 0.1) is 24.7 Å². The summed E-state index contributed by atoms with van der Waals surface area (Å²) >= 11 is 0. The van der Waals surface area contributed by atoms with E-state index in [0.717, 1.165) is 5.69 Å². The Morgan fingerprint density at radius 2 is 2.62 bits per heavy atom. The molecule has 1 rings (SSSR count). The molecule has 0 fully saturated rings. The molecule has 0 saturated carbocycles. The summed E-state index contributed by atoms with van der Waals surface area (Å²) in [6.45, 7) is -0.0809. The number of carbonyl (C=O) groups excluding carboxylic acids is 1. The number of imidazole rings is 1. The summed E-state index contributed by atoms with van der Waals surface area (Å²) in [5.74, 6) is 0. The maximum atomic E-state index is 10.1. The zero-order chi connectivity index (χ0) is 9.68. The number of nitrogens with zero attached hydrogens (tertiary/aromatic N) is 2. The molecule has 1 aromatic rings. The molecule has 0 aromatic carbocycles. The van der Waals surface area contributed by atoms with E-state index in [1.807, 2.05) is 6.20 Å². The second-order valence-corrected chi connectivity index (χ2v) is 3.28. The van der Waals surface area contributed by atoms with E-state index in [4.69, 9.17) is 5.11 Å². The molecule has 1 amide bonds. The lowest BCUT2D eigenvalue weighted by atomic mass is 10.2. The van der Waals surface area contributed by atoms with Gasteiger partial charge in [-0.15, -0.1) is 0 Å². The van der Waals surface area contributed by atoms with Crippen molar-refractivity contribution in [3.05, 3.63) is 18.2 Å². The first-order valence-electron chi connectivity index (χ1n) is 3.84. The largest absolute Gasteiger partial charge is 0.394 e. The maximum Gasteiger partial charge on any atom is 0.207 e. The SMILES string of the molecule is O=CNC(CO)Cc1cn(P)cn1. The Labute approximate surface area is 78.4 Å². The molecule has 13 heavy (non-hydrogen) atoms. The van der Waals surface area contributed by atoms with Gasteiger partial charge < -0.3 is 14.8 Å². The molecule has 72 valence electrons. The van der Waals surface area contributed by atoms with Gasteiger partial charge in [0.1, 0.15) is 0 Å². The van der Waals surface area contributed by atoms with Crippen LogP contribution >= 0.6 is 9.39 Å². The Kier molecular flexibility index (Phi) is 3.86. The second-order valence-electron chi connectivity index (χ2n) is 2.68. The van der Waals surface area contributed by atoms with E-state index in [2.05, 4.69) is 19.7 Å². The van der Waals surface area contributed by atoms with Gasteiger partial charge in [-0.3, -0.25) is 4.79 Å². The molecule has 0 radical (unpaired) electrons. The van der Waals surface area contributed by atoms with Crippen LogP contribution in [0.25, 0.3) is 0 Å². The monoisotopic (exact) mass is 201 g/mol.